The van der Waals surface area contributed by atoms with E-state index in [1.165, 1.54) is 4.41 Å². The first kappa shape index (κ1) is 9.12. The maximum absolute atomic E-state index is 10.6. The van der Waals surface area contributed by atoms with Gasteiger partial charge in [0.15, 0.2) is 0 Å². The van der Waals surface area contributed by atoms with Crippen molar-refractivity contribution in [1.29, 1.82) is 0 Å². The molecule has 1 N–H and O–H groups in total. The van der Waals surface area contributed by atoms with Crippen molar-refractivity contribution in [2.45, 2.75) is 31.7 Å². The van der Waals surface area contributed by atoms with Crippen LogP contribution < -0.4 is 5.43 Å². The van der Waals surface area contributed by atoms with E-state index in [1.807, 2.05) is 0 Å². The van der Waals surface area contributed by atoms with Gasteiger partial charge in [-0.05, 0) is 19.9 Å². The first-order valence-corrected chi connectivity index (χ1v) is 4.85. The first-order valence-electron chi connectivity index (χ1n) is 3.81. The molecule has 0 saturated heterocycles. The van der Waals surface area contributed by atoms with Crippen LogP contribution in [0.15, 0.2) is 0 Å². The molecule has 0 spiro atoms. The van der Waals surface area contributed by atoms with Crippen LogP contribution in [0.5, 0.6) is 0 Å². The van der Waals surface area contributed by atoms with Crippen molar-refractivity contribution >= 4 is 11.3 Å². The van der Waals surface area contributed by atoms with Crippen molar-refractivity contribution in [3.05, 3.63) is 0 Å². The topological polar surface area (TPSA) is 55.4 Å². The highest BCUT2D eigenvalue weighted by Gasteiger charge is 2.21. The van der Waals surface area contributed by atoms with E-state index < -0.39 is 11.3 Å². The van der Waals surface area contributed by atoms with E-state index in [0.29, 0.717) is 0 Å². The molecule has 11 heavy (non-hydrogen) atoms. The fourth-order valence-electron chi connectivity index (χ4n) is 1.52. The zero-order valence-corrected chi connectivity index (χ0v) is 7.39. The van der Waals surface area contributed by atoms with E-state index in [0.717, 1.165) is 25.7 Å². The highest BCUT2D eigenvalue weighted by Crippen LogP contribution is 2.22. The standard InChI is InChI=1S/C6H14N2O2S/c1-7-8(11(9)10)6-4-2-3-5-6/h6-7H,2-5H2,1H3,(H,9,10)/p-1. The van der Waals surface area contributed by atoms with Gasteiger partial charge in [0, 0.05) is 17.3 Å². The van der Waals surface area contributed by atoms with Gasteiger partial charge in [-0.2, -0.15) is 4.41 Å². The van der Waals surface area contributed by atoms with Crippen LogP contribution in [0.25, 0.3) is 0 Å². The van der Waals surface area contributed by atoms with Crippen molar-refractivity contribution in [1.82, 2.24) is 9.84 Å². The van der Waals surface area contributed by atoms with Crippen LogP contribution in [0.4, 0.5) is 0 Å². The van der Waals surface area contributed by atoms with E-state index in [-0.39, 0.29) is 6.04 Å². The van der Waals surface area contributed by atoms with Gasteiger partial charge in [0.05, 0.1) is 0 Å². The fourth-order valence-corrected chi connectivity index (χ4v) is 2.12. The summed E-state index contributed by atoms with van der Waals surface area (Å²) < 4.78 is 22.5. The SMILES string of the molecule is CNN(C1CCCC1)S(=O)[O-]. The van der Waals surface area contributed by atoms with Crippen LogP contribution in [0.1, 0.15) is 25.7 Å². The summed E-state index contributed by atoms with van der Waals surface area (Å²) in [6.45, 7) is 0. The quantitative estimate of drug-likeness (QED) is 0.493. The zero-order chi connectivity index (χ0) is 8.27. The average Bonchev–Trinajstić information content (AvgIpc) is 2.40. The lowest BCUT2D eigenvalue weighted by Crippen LogP contribution is -2.43. The molecule has 0 radical (unpaired) electrons. The largest absolute Gasteiger partial charge is 0.759 e. The number of hydrazine groups is 1. The lowest BCUT2D eigenvalue weighted by Gasteiger charge is -2.28. The third kappa shape index (κ3) is 2.23. The molecule has 0 heterocycles. The van der Waals surface area contributed by atoms with Crippen LogP contribution >= 0.6 is 0 Å². The van der Waals surface area contributed by atoms with E-state index in [9.17, 15) is 8.76 Å². The van der Waals surface area contributed by atoms with Gasteiger partial charge in [0.2, 0.25) is 0 Å². The number of rotatable bonds is 3. The maximum Gasteiger partial charge on any atom is 0.0370 e. The monoisotopic (exact) mass is 177 g/mol. The Morgan fingerprint density at radius 1 is 1.55 bits per heavy atom. The summed E-state index contributed by atoms with van der Waals surface area (Å²) in [6.07, 6.45) is 4.24. The lowest BCUT2D eigenvalue weighted by molar-refractivity contribution is 0.255. The Morgan fingerprint density at radius 3 is 2.45 bits per heavy atom. The van der Waals surface area contributed by atoms with Gasteiger partial charge in [0.25, 0.3) is 0 Å². The molecule has 1 saturated carbocycles. The number of nitrogens with one attached hydrogen (secondary N) is 1. The molecule has 5 heteroatoms. The van der Waals surface area contributed by atoms with Gasteiger partial charge in [-0.3, -0.25) is 4.21 Å². The van der Waals surface area contributed by atoms with Crippen molar-refractivity contribution in [3.8, 4) is 0 Å². The lowest BCUT2D eigenvalue weighted by atomic mass is 10.3. The number of hydrogen-bond acceptors (Lipinski definition) is 3. The summed E-state index contributed by atoms with van der Waals surface area (Å²) >= 11 is -2.12. The summed E-state index contributed by atoms with van der Waals surface area (Å²) in [4.78, 5) is 0. The Hall–Kier alpha value is 0.0300. The smallest absolute Gasteiger partial charge is 0.0370 e. The molecule has 1 rings (SSSR count). The molecule has 4 nitrogen and oxygen atoms in total. The number of hydrogen-bond donors (Lipinski definition) is 1. The van der Waals surface area contributed by atoms with Crippen molar-refractivity contribution in [3.63, 3.8) is 0 Å². The van der Waals surface area contributed by atoms with Gasteiger partial charge < -0.3 is 4.55 Å². The highest BCUT2D eigenvalue weighted by molar-refractivity contribution is 7.76. The van der Waals surface area contributed by atoms with Crippen molar-refractivity contribution in [2.24, 2.45) is 0 Å². The molecule has 0 aliphatic heterocycles. The van der Waals surface area contributed by atoms with E-state index in [4.69, 9.17) is 0 Å². The molecule has 0 aromatic carbocycles. The summed E-state index contributed by atoms with van der Waals surface area (Å²) in [5, 5.41) is 0. The molecule has 1 aliphatic carbocycles. The van der Waals surface area contributed by atoms with Crippen LogP contribution in [0.2, 0.25) is 0 Å². The third-order valence-corrected chi connectivity index (χ3v) is 2.84. The summed E-state index contributed by atoms with van der Waals surface area (Å²) in [5.74, 6) is 0. The molecule has 1 fully saturated rings. The Morgan fingerprint density at radius 2 is 2.09 bits per heavy atom. The van der Waals surface area contributed by atoms with Crippen molar-refractivity contribution < 1.29 is 8.76 Å². The van der Waals surface area contributed by atoms with Gasteiger partial charge >= 0.3 is 0 Å². The molecule has 1 aliphatic rings. The Bertz CT molecular complexity index is 148. The van der Waals surface area contributed by atoms with Gasteiger partial charge in [-0.1, -0.05) is 12.8 Å². The minimum absolute atomic E-state index is 0.179. The van der Waals surface area contributed by atoms with Crippen LogP contribution in [0.3, 0.4) is 0 Å². The number of nitrogens with zero attached hydrogens (tertiary/aromatic N) is 1. The molecule has 0 aromatic heterocycles. The van der Waals surface area contributed by atoms with E-state index in [1.54, 1.807) is 7.05 Å². The summed E-state index contributed by atoms with van der Waals surface area (Å²) in [7, 11) is 1.63. The van der Waals surface area contributed by atoms with Gasteiger partial charge in [-0.25, -0.2) is 5.43 Å². The third-order valence-electron chi connectivity index (χ3n) is 2.04. The Balaban J connectivity index is 2.46. The van der Waals surface area contributed by atoms with Crippen LogP contribution in [-0.2, 0) is 11.3 Å². The molecule has 1 unspecified atom stereocenters. The second-order valence-corrected chi connectivity index (χ2v) is 3.53. The Labute approximate surface area is 69.4 Å². The second kappa shape index (κ2) is 4.15. The second-order valence-electron chi connectivity index (χ2n) is 2.70. The van der Waals surface area contributed by atoms with Gasteiger partial charge in [-0.15, -0.1) is 0 Å². The van der Waals surface area contributed by atoms with Crippen molar-refractivity contribution in [2.75, 3.05) is 7.05 Å². The highest BCUT2D eigenvalue weighted by atomic mass is 32.2. The minimum atomic E-state index is -2.12. The predicted molar refractivity (Wildman–Crippen MR) is 42.1 cm³/mol. The van der Waals surface area contributed by atoms with E-state index in [2.05, 4.69) is 5.43 Å². The van der Waals surface area contributed by atoms with Gasteiger partial charge in [0.1, 0.15) is 0 Å². The molecular formula is C6H13N2O2S-. The average molecular weight is 177 g/mol. The minimum Gasteiger partial charge on any atom is -0.759 e. The van der Waals surface area contributed by atoms with Crippen LogP contribution in [0, 0.1) is 0 Å². The predicted octanol–water partition coefficient (Wildman–Crippen LogP) is 0.159. The Kier molecular flexibility index (Phi) is 3.45. The first-order chi connectivity index (χ1) is 5.25. The summed E-state index contributed by atoms with van der Waals surface area (Å²) in [5.41, 5.74) is 2.66. The molecule has 0 aromatic rings. The fraction of sp³-hybridized carbons (Fsp3) is 1.00. The van der Waals surface area contributed by atoms with Crippen LogP contribution in [-0.4, -0.2) is 26.3 Å². The molecular weight excluding hydrogens is 164 g/mol. The molecule has 66 valence electrons. The van der Waals surface area contributed by atoms with E-state index >= 15 is 0 Å². The molecule has 0 amide bonds. The maximum atomic E-state index is 10.6. The normalized spacial score (nSPS) is 22.8. The molecule has 0 bridgehead atoms. The summed E-state index contributed by atoms with van der Waals surface area (Å²) in [6, 6.07) is 0.179. The molecule has 1 atom stereocenters. The zero-order valence-electron chi connectivity index (χ0n) is 6.58.